The third-order valence-corrected chi connectivity index (χ3v) is 2.93. The van der Waals surface area contributed by atoms with Crippen molar-refractivity contribution in [3.63, 3.8) is 0 Å². The largest absolute Gasteiger partial charge is 0.409 e. The smallest absolute Gasteiger partial charge is 0.144 e. The maximum absolute atomic E-state index is 8.61. The zero-order valence-corrected chi connectivity index (χ0v) is 10.5. The predicted octanol–water partition coefficient (Wildman–Crippen LogP) is 1.88. The molecule has 0 rings (SSSR count). The highest BCUT2D eigenvalue weighted by molar-refractivity contribution is 5.85. The Bertz CT molecular complexity index is 202. The van der Waals surface area contributed by atoms with Gasteiger partial charge in [0.1, 0.15) is 5.84 Å². The average Bonchev–Trinajstić information content (AvgIpc) is 2.22. The standard InChI is InChI=1S/C11H25N3O/c1-5-14(4)9-7-6-8-11(2,3)10(12)13-15/h15H,5-9H2,1-4H3,(H2,12,13). The Balaban J connectivity index is 3.76. The number of rotatable bonds is 7. The predicted molar refractivity (Wildman–Crippen MR) is 64.2 cm³/mol. The van der Waals surface area contributed by atoms with Crippen LogP contribution in [-0.2, 0) is 0 Å². The van der Waals surface area contributed by atoms with Crippen LogP contribution in [0.3, 0.4) is 0 Å². The summed E-state index contributed by atoms with van der Waals surface area (Å²) in [5.41, 5.74) is 5.41. The second kappa shape index (κ2) is 6.67. The molecule has 0 aliphatic heterocycles. The van der Waals surface area contributed by atoms with Crippen LogP contribution in [0.4, 0.5) is 0 Å². The fourth-order valence-corrected chi connectivity index (χ4v) is 1.37. The molecule has 0 fully saturated rings. The number of unbranched alkanes of at least 4 members (excludes halogenated alkanes) is 1. The van der Waals surface area contributed by atoms with E-state index >= 15 is 0 Å². The van der Waals surface area contributed by atoms with Crippen molar-refractivity contribution in [3.8, 4) is 0 Å². The van der Waals surface area contributed by atoms with Gasteiger partial charge in [0.25, 0.3) is 0 Å². The van der Waals surface area contributed by atoms with Crippen LogP contribution in [-0.4, -0.2) is 36.1 Å². The van der Waals surface area contributed by atoms with Gasteiger partial charge in [-0.25, -0.2) is 0 Å². The van der Waals surface area contributed by atoms with E-state index in [4.69, 9.17) is 10.9 Å². The molecule has 0 aromatic carbocycles. The molecule has 90 valence electrons. The molecule has 0 bridgehead atoms. The van der Waals surface area contributed by atoms with Gasteiger partial charge in [-0.1, -0.05) is 32.3 Å². The molecular formula is C11H25N3O. The summed E-state index contributed by atoms with van der Waals surface area (Å²) in [6, 6.07) is 0. The van der Waals surface area contributed by atoms with Crippen LogP contribution in [0.15, 0.2) is 5.16 Å². The number of amidine groups is 1. The maximum Gasteiger partial charge on any atom is 0.144 e. The van der Waals surface area contributed by atoms with Crippen molar-refractivity contribution in [1.82, 2.24) is 4.90 Å². The second-order valence-corrected chi connectivity index (χ2v) is 4.72. The Morgan fingerprint density at radius 3 is 2.47 bits per heavy atom. The first-order chi connectivity index (χ1) is 6.94. The zero-order chi connectivity index (χ0) is 11.9. The fourth-order valence-electron chi connectivity index (χ4n) is 1.37. The van der Waals surface area contributed by atoms with E-state index in [9.17, 15) is 0 Å². The number of nitrogens with zero attached hydrogens (tertiary/aromatic N) is 2. The number of hydrogen-bond donors (Lipinski definition) is 2. The van der Waals surface area contributed by atoms with E-state index < -0.39 is 0 Å². The van der Waals surface area contributed by atoms with Gasteiger partial charge in [0.15, 0.2) is 0 Å². The van der Waals surface area contributed by atoms with Gasteiger partial charge in [-0.2, -0.15) is 0 Å². The Kier molecular flexibility index (Phi) is 6.32. The molecule has 4 heteroatoms. The number of hydrogen-bond acceptors (Lipinski definition) is 3. The first-order valence-electron chi connectivity index (χ1n) is 5.60. The molecule has 0 aromatic heterocycles. The van der Waals surface area contributed by atoms with Crippen molar-refractivity contribution in [1.29, 1.82) is 0 Å². The minimum atomic E-state index is -0.195. The summed E-state index contributed by atoms with van der Waals surface area (Å²) in [7, 11) is 2.12. The van der Waals surface area contributed by atoms with E-state index in [0.29, 0.717) is 5.84 Å². The molecular weight excluding hydrogens is 190 g/mol. The van der Waals surface area contributed by atoms with Crippen LogP contribution in [0, 0.1) is 5.41 Å². The van der Waals surface area contributed by atoms with E-state index in [1.54, 1.807) is 0 Å². The van der Waals surface area contributed by atoms with Crippen molar-refractivity contribution in [2.24, 2.45) is 16.3 Å². The fraction of sp³-hybridized carbons (Fsp3) is 0.909. The summed E-state index contributed by atoms with van der Waals surface area (Å²) >= 11 is 0. The molecule has 0 spiro atoms. The molecule has 4 nitrogen and oxygen atoms in total. The Morgan fingerprint density at radius 1 is 1.40 bits per heavy atom. The first kappa shape index (κ1) is 14.2. The van der Waals surface area contributed by atoms with Crippen molar-refractivity contribution in [2.75, 3.05) is 20.1 Å². The number of oxime groups is 1. The summed E-state index contributed by atoms with van der Waals surface area (Å²) in [4.78, 5) is 2.29. The first-order valence-corrected chi connectivity index (χ1v) is 5.60. The summed E-state index contributed by atoms with van der Waals surface area (Å²) in [6.07, 6.45) is 3.22. The minimum absolute atomic E-state index is 0.195. The van der Waals surface area contributed by atoms with E-state index in [-0.39, 0.29) is 5.41 Å². The quantitative estimate of drug-likeness (QED) is 0.224. The lowest BCUT2D eigenvalue weighted by molar-refractivity contribution is 0.300. The minimum Gasteiger partial charge on any atom is -0.409 e. The molecule has 15 heavy (non-hydrogen) atoms. The van der Waals surface area contributed by atoms with Gasteiger partial charge in [-0.15, -0.1) is 0 Å². The third kappa shape index (κ3) is 5.62. The molecule has 0 radical (unpaired) electrons. The lowest BCUT2D eigenvalue weighted by Gasteiger charge is -2.23. The van der Waals surface area contributed by atoms with Crippen LogP contribution >= 0.6 is 0 Å². The summed E-state index contributed by atoms with van der Waals surface area (Å²) in [6.45, 7) is 8.36. The van der Waals surface area contributed by atoms with Gasteiger partial charge >= 0.3 is 0 Å². The molecule has 0 aliphatic carbocycles. The molecule has 0 saturated carbocycles. The highest BCUT2D eigenvalue weighted by Crippen LogP contribution is 2.23. The lowest BCUT2D eigenvalue weighted by Crippen LogP contribution is -2.32. The molecule has 0 aliphatic rings. The van der Waals surface area contributed by atoms with Crippen LogP contribution in [0.2, 0.25) is 0 Å². The highest BCUT2D eigenvalue weighted by Gasteiger charge is 2.22. The lowest BCUT2D eigenvalue weighted by atomic mass is 9.86. The van der Waals surface area contributed by atoms with Crippen molar-refractivity contribution in [3.05, 3.63) is 0 Å². The van der Waals surface area contributed by atoms with Crippen LogP contribution < -0.4 is 5.73 Å². The van der Waals surface area contributed by atoms with Gasteiger partial charge < -0.3 is 15.8 Å². The average molecular weight is 215 g/mol. The normalized spacial score (nSPS) is 13.5. The number of nitrogens with two attached hydrogens (primary N) is 1. The van der Waals surface area contributed by atoms with Gasteiger partial charge in [0.05, 0.1) is 0 Å². The summed E-state index contributed by atoms with van der Waals surface area (Å²) < 4.78 is 0. The highest BCUT2D eigenvalue weighted by atomic mass is 16.4. The third-order valence-electron chi connectivity index (χ3n) is 2.93. The molecule has 0 atom stereocenters. The van der Waals surface area contributed by atoms with Gasteiger partial charge in [-0.3, -0.25) is 0 Å². The van der Waals surface area contributed by atoms with E-state index in [2.05, 4.69) is 24.0 Å². The van der Waals surface area contributed by atoms with Crippen LogP contribution in [0.25, 0.3) is 0 Å². The molecule has 0 aromatic rings. The van der Waals surface area contributed by atoms with Gasteiger partial charge in [0.2, 0.25) is 0 Å². The summed E-state index contributed by atoms with van der Waals surface area (Å²) in [5, 5.41) is 11.7. The molecule has 0 amide bonds. The van der Waals surface area contributed by atoms with E-state index in [0.717, 1.165) is 32.4 Å². The van der Waals surface area contributed by atoms with E-state index in [1.807, 2.05) is 13.8 Å². The molecule has 0 heterocycles. The van der Waals surface area contributed by atoms with Gasteiger partial charge in [0, 0.05) is 5.41 Å². The Morgan fingerprint density at radius 2 is 2.00 bits per heavy atom. The van der Waals surface area contributed by atoms with E-state index in [1.165, 1.54) is 0 Å². The molecule has 0 unspecified atom stereocenters. The zero-order valence-electron chi connectivity index (χ0n) is 10.5. The van der Waals surface area contributed by atoms with Crippen LogP contribution in [0.5, 0.6) is 0 Å². The SMILES string of the molecule is CCN(C)CCCCC(C)(C)C(N)=NO. The topological polar surface area (TPSA) is 61.8 Å². The maximum atomic E-state index is 8.61. The van der Waals surface area contributed by atoms with Crippen molar-refractivity contribution >= 4 is 5.84 Å². The second-order valence-electron chi connectivity index (χ2n) is 4.72. The molecule has 0 saturated heterocycles. The van der Waals surface area contributed by atoms with Gasteiger partial charge in [-0.05, 0) is 33.0 Å². The van der Waals surface area contributed by atoms with Crippen LogP contribution in [0.1, 0.15) is 40.0 Å². The summed E-state index contributed by atoms with van der Waals surface area (Å²) in [5.74, 6) is 0.325. The Hall–Kier alpha value is -0.770. The monoisotopic (exact) mass is 215 g/mol. The molecule has 3 N–H and O–H groups in total. The van der Waals surface area contributed by atoms with Crippen molar-refractivity contribution in [2.45, 2.75) is 40.0 Å². The van der Waals surface area contributed by atoms with Crippen molar-refractivity contribution < 1.29 is 5.21 Å². The Labute approximate surface area is 93.1 Å².